The van der Waals surface area contributed by atoms with E-state index in [9.17, 15) is 13.2 Å². The second-order valence-corrected chi connectivity index (χ2v) is 9.63. The number of methoxy groups -OCH3 is 1. The molecule has 0 saturated heterocycles. The van der Waals surface area contributed by atoms with E-state index in [1.807, 2.05) is 37.3 Å². The highest BCUT2D eigenvalue weighted by Gasteiger charge is 2.16. The molecule has 1 amide bonds. The molecule has 28 heavy (non-hydrogen) atoms. The van der Waals surface area contributed by atoms with E-state index >= 15 is 0 Å². The van der Waals surface area contributed by atoms with Crippen LogP contribution in [0.2, 0.25) is 0 Å². The summed E-state index contributed by atoms with van der Waals surface area (Å²) in [5.41, 5.74) is 1.54. The van der Waals surface area contributed by atoms with Crippen LogP contribution in [0.25, 0.3) is 10.1 Å². The molecule has 2 aromatic carbocycles. The zero-order valence-electron chi connectivity index (χ0n) is 16.1. The Bertz CT molecular complexity index is 1100. The molecule has 0 spiro atoms. The first-order valence-electron chi connectivity index (χ1n) is 8.61. The number of ether oxygens (including phenoxy) is 1. The Labute approximate surface area is 168 Å². The lowest BCUT2D eigenvalue weighted by molar-refractivity contribution is 0.0944. The van der Waals surface area contributed by atoms with Gasteiger partial charge in [-0.05, 0) is 54.3 Å². The Morgan fingerprint density at radius 2 is 1.82 bits per heavy atom. The number of thiophene rings is 1. The summed E-state index contributed by atoms with van der Waals surface area (Å²) in [6.07, 6.45) is 1.16. The Kier molecular flexibility index (Phi) is 5.62. The van der Waals surface area contributed by atoms with Crippen molar-refractivity contribution in [1.29, 1.82) is 0 Å². The second-order valence-electron chi connectivity index (χ2n) is 6.53. The van der Waals surface area contributed by atoms with Crippen LogP contribution < -0.4 is 14.4 Å². The molecule has 148 valence electrons. The maximum absolute atomic E-state index is 12.7. The van der Waals surface area contributed by atoms with Gasteiger partial charge >= 0.3 is 0 Å². The SMILES string of the molecule is COc1ccc([C@@H](C)NC(=O)c2cc3cc(N(C)S(C)(=O)=O)ccc3s2)cc1. The van der Waals surface area contributed by atoms with Gasteiger partial charge in [-0.15, -0.1) is 11.3 Å². The monoisotopic (exact) mass is 418 g/mol. The molecular weight excluding hydrogens is 396 g/mol. The van der Waals surface area contributed by atoms with Crippen molar-refractivity contribution in [2.45, 2.75) is 13.0 Å². The summed E-state index contributed by atoms with van der Waals surface area (Å²) in [6, 6.07) is 14.5. The number of amides is 1. The summed E-state index contributed by atoms with van der Waals surface area (Å²) in [5.74, 6) is 0.601. The van der Waals surface area contributed by atoms with E-state index in [4.69, 9.17) is 4.74 Å². The van der Waals surface area contributed by atoms with Crippen molar-refractivity contribution in [3.8, 4) is 5.75 Å². The van der Waals surface area contributed by atoms with Gasteiger partial charge in [0, 0.05) is 11.7 Å². The fourth-order valence-corrected chi connectivity index (χ4v) is 4.22. The van der Waals surface area contributed by atoms with Crippen molar-refractivity contribution in [1.82, 2.24) is 5.32 Å². The van der Waals surface area contributed by atoms with E-state index in [1.165, 1.54) is 22.7 Å². The third-order valence-corrected chi connectivity index (χ3v) is 6.87. The molecule has 0 saturated carbocycles. The van der Waals surface area contributed by atoms with Crippen molar-refractivity contribution < 1.29 is 17.9 Å². The van der Waals surface area contributed by atoms with Gasteiger partial charge in [0.05, 0.1) is 30.0 Å². The van der Waals surface area contributed by atoms with Gasteiger partial charge in [-0.1, -0.05) is 12.1 Å². The molecule has 8 heteroatoms. The average Bonchev–Trinajstić information content (AvgIpc) is 3.10. The van der Waals surface area contributed by atoms with Crippen molar-refractivity contribution in [2.24, 2.45) is 0 Å². The number of nitrogens with one attached hydrogen (secondary N) is 1. The van der Waals surface area contributed by atoms with Gasteiger partial charge in [0.15, 0.2) is 0 Å². The highest BCUT2D eigenvalue weighted by Crippen LogP contribution is 2.30. The number of nitrogens with zero attached hydrogens (tertiary/aromatic N) is 1. The van der Waals surface area contributed by atoms with Gasteiger partial charge in [0.25, 0.3) is 5.91 Å². The fraction of sp³-hybridized carbons (Fsp3) is 0.250. The number of benzene rings is 2. The second kappa shape index (κ2) is 7.81. The quantitative estimate of drug-likeness (QED) is 0.661. The number of fused-ring (bicyclic) bond motifs is 1. The maximum Gasteiger partial charge on any atom is 0.261 e. The van der Waals surface area contributed by atoms with Gasteiger partial charge in [-0.25, -0.2) is 8.42 Å². The largest absolute Gasteiger partial charge is 0.497 e. The zero-order valence-corrected chi connectivity index (χ0v) is 17.7. The van der Waals surface area contributed by atoms with Crippen LogP contribution in [0.1, 0.15) is 28.2 Å². The standard InChI is InChI=1S/C20H22N2O4S2/c1-13(14-5-8-17(26-3)9-6-14)21-20(23)19-12-15-11-16(7-10-18(15)27-19)22(2)28(4,24)25/h5-13H,1-4H3,(H,21,23)/t13-/m1/s1. The Morgan fingerprint density at radius 3 is 2.43 bits per heavy atom. The average molecular weight is 419 g/mol. The lowest BCUT2D eigenvalue weighted by Gasteiger charge is -2.16. The van der Waals surface area contributed by atoms with E-state index in [-0.39, 0.29) is 11.9 Å². The minimum absolute atomic E-state index is 0.157. The summed E-state index contributed by atoms with van der Waals surface area (Å²) in [4.78, 5) is 13.2. The van der Waals surface area contributed by atoms with Crippen molar-refractivity contribution in [2.75, 3.05) is 24.7 Å². The normalized spacial score (nSPS) is 12.6. The number of carbonyl (C=O) groups excluding carboxylic acids is 1. The Hall–Kier alpha value is -2.58. The third kappa shape index (κ3) is 4.28. The number of sulfonamides is 1. The van der Waals surface area contributed by atoms with Crippen molar-refractivity contribution >= 4 is 43.0 Å². The predicted molar refractivity (Wildman–Crippen MR) is 114 cm³/mol. The first-order chi connectivity index (χ1) is 13.2. The van der Waals surface area contributed by atoms with Crippen LogP contribution >= 0.6 is 11.3 Å². The highest BCUT2D eigenvalue weighted by atomic mass is 32.2. The lowest BCUT2D eigenvalue weighted by Crippen LogP contribution is -2.25. The van der Waals surface area contributed by atoms with E-state index in [1.54, 1.807) is 25.3 Å². The number of hydrogen-bond donors (Lipinski definition) is 1. The molecule has 0 aliphatic heterocycles. The number of carbonyl (C=O) groups is 1. The van der Waals surface area contributed by atoms with Crippen LogP contribution in [-0.4, -0.2) is 34.7 Å². The molecule has 1 atom stereocenters. The molecule has 0 unspecified atom stereocenters. The molecule has 3 rings (SSSR count). The van der Waals surface area contributed by atoms with Gasteiger partial charge in [0.2, 0.25) is 10.0 Å². The number of rotatable bonds is 6. The molecule has 1 aromatic heterocycles. The fourth-order valence-electron chi connectivity index (χ4n) is 2.77. The van der Waals surface area contributed by atoms with Crippen LogP contribution in [0.5, 0.6) is 5.75 Å². The maximum atomic E-state index is 12.7. The van der Waals surface area contributed by atoms with E-state index in [2.05, 4.69) is 5.32 Å². The molecule has 0 aliphatic carbocycles. The molecular formula is C20H22N2O4S2. The Balaban J connectivity index is 1.79. The zero-order chi connectivity index (χ0) is 20.5. The molecule has 0 bridgehead atoms. The molecule has 1 heterocycles. The van der Waals surface area contributed by atoms with Gasteiger partial charge < -0.3 is 10.1 Å². The molecule has 0 aliphatic rings. The smallest absolute Gasteiger partial charge is 0.261 e. The van der Waals surface area contributed by atoms with Crippen molar-refractivity contribution in [3.05, 3.63) is 59.0 Å². The van der Waals surface area contributed by atoms with Gasteiger partial charge in [-0.2, -0.15) is 0 Å². The van der Waals surface area contributed by atoms with Crippen molar-refractivity contribution in [3.63, 3.8) is 0 Å². The van der Waals surface area contributed by atoms with Crippen LogP contribution in [0.3, 0.4) is 0 Å². The van der Waals surface area contributed by atoms with E-state index in [0.717, 1.165) is 27.7 Å². The van der Waals surface area contributed by atoms with Gasteiger partial charge in [0.1, 0.15) is 5.75 Å². The summed E-state index contributed by atoms with van der Waals surface area (Å²) in [5, 5.41) is 3.83. The molecule has 0 radical (unpaired) electrons. The molecule has 0 fully saturated rings. The molecule has 1 N–H and O–H groups in total. The summed E-state index contributed by atoms with van der Waals surface area (Å²) in [6.45, 7) is 1.92. The summed E-state index contributed by atoms with van der Waals surface area (Å²) < 4.78 is 30.8. The number of hydrogen-bond acceptors (Lipinski definition) is 5. The summed E-state index contributed by atoms with van der Waals surface area (Å²) in [7, 11) is -0.218. The molecule has 6 nitrogen and oxygen atoms in total. The predicted octanol–water partition coefficient (Wildman–Crippen LogP) is 3.80. The van der Waals surface area contributed by atoms with Crippen LogP contribution in [0.4, 0.5) is 5.69 Å². The first-order valence-corrected chi connectivity index (χ1v) is 11.3. The minimum atomic E-state index is -3.34. The highest BCUT2D eigenvalue weighted by molar-refractivity contribution is 7.92. The van der Waals surface area contributed by atoms with Gasteiger partial charge in [-0.3, -0.25) is 9.10 Å². The van der Waals surface area contributed by atoms with E-state index in [0.29, 0.717) is 10.6 Å². The first kappa shape index (κ1) is 20.2. The molecule has 3 aromatic rings. The van der Waals surface area contributed by atoms with Crippen LogP contribution in [-0.2, 0) is 10.0 Å². The lowest BCUT2D eigenvalue weighted by atomic mass is 10.1. The Morgan fingerprint density at radius 1 is 1.14 bits per heavy atom. The topological polar surface area (TPSA) is 75.7 Å². The van der Waals surface area contributed by atoms with Crippen LogP contribution in [0, 0.1) is 0 Å². The minimum Gasteiger partial charge on any atom is -0.497 e. The third-order valence-electron chi connectivity index (χ3n) is 4.55. The van der Waals surface area contributed by atoms with Crippen LogP contribution in [0.15, 0.2) is 48.5 Å². The van der Waals surface area contributed by atoms with E-state index < -0.39 is 10.0 Å². The number of anilines is 1. The summed E-state index contributed by atoms with van der Waals surface area (Å²) >= 11 is 1.38.